The first-order valence-corrected chi connectivity index (χ1v) is 7.05. The molecule has 0 radical (unpaired) electrons. The fraction of sp³-hybridized carbons (Fsp3) is 0.500. The molecular weight excluding hydrogens is 268 g/mol. The van der Waals surface area contributed by atoms with E-state index < -0.39 is 4.92 Å². The van der Waals surface area contributed by atoms with Crippen LogP contribution in [0.2, 0.25) is 0 Å². The lowest BCUT2D eigenvalue weighted by molar-refractivity contribution is -0.385. The zero-order valence-corrected chi connectivity index (χ0v) is 12.8. The van der Waals surface area contributed by atoms with Crippen molar-refractivity contribution in [2.24, 2.45) is 5.92 Å². The summed E-state index contributed by atoms with van der Waals surface area (Å²) < 4.78 is 5.50. The molecule has 0 aliphatic heterocycles. The van der Waals surface area contributed by atoms with Crippen LogP contribution in [0.4, 0.5) is 5.69 Å². The maximum atomic E-state index is 11.0. The van der Waals surface area contributed by atoms with Crippen LogP contribution in [0.15, 0.2) is 18.2 Å². The average molecular weight is 290 g/mol. The van der Waals surface area contributed by atoms with Crippen molar-refractivity contribution in [3.63, 3.8) is 0 Å². The van der Waals surface area contributed by atoms with Crippen molar-refractivity contribution in [2.75, 3.05) is 13.2 Å². The van der Waals surface area contributed by atoms with Crippen LogP contribution in [-0.2, 0) is 6.54 Å². The van der Waals surface area contributed by atoms with Crippen molar-refractivity contribution in [2.45, 2.75) is 33.7 Å². The topological polar surface area (TPSA) is 64.4 Å². The second-order valence-corrected chi connectivity index (χ2v) is 5.11. The molecule has 0 amide bonds. The van der Waals surface area contributed by atoms with E-state index in [1.165, 1.54) is 6.07 Å². The summed E-state index contributed by atoms with van der Waals surface area (Å²) in [6, 6.07) is 4.97. The SMILES string of the molecule is CC#CCCOc1cc(CNCC(C)C)ccc1[N+](=O)[O-]. The fourth-order valence-corrected chi connectivity index (χ4v) is 1.78. The molecule has 114 valence electrons. The van der Waals surface area contributed by atoms with Crippen molar-refractivity contribution >= 4 is 5.69 Å². The number of nitro benzene ring substituents is 1. The first-order valence-electron chi connectivity index (χ1n) is 7.05. The van der Waals surface area contributed by atoms with Gasteiger partial charge in [0, 0.05) is 19.0 Å². The minimum absolute atomic E-state index is 0.00735. The molecule has 0 aromatic heterocycles. The molecule has 5 heteroatoms. The van der Waals surface area contributed by atoms with Gasteiger partial charge in [0.05, 0.1) is 11.5 Å². The number of hydrogen-bond acceptors (Lipinski definition) is 4. The number of nitro groups is 1. The predicted molar refractivity (Wildman–Crippen MR) is 83.2 cm³/mol. The first kappa shape index (κ1) is 17.0. The average Bonchev–Trinajstić information content (AvgIpc) is 2.43. The normalized spacial score (nSPS) is 10.1. The lowest BCUT2D eigenvalue weighted by Crippen LogP contribution is -2.19. The highest BCUT2D eigenvalue weighted by molar-refractivity contribution is 5.48. The molecule has 5 nitrogen and oxygen atoms in total. The molecule has 1 rings (SSSR count). The molecule has 0 fully saturated rings. The molecule has 0 saturated heterocycles. The zero-order chi connectivity index (χ0) is 15.7. The Labute approximate surface area is 125 Å². The summed E-state index contributed by atoms with van der Waals surface area (Å²) in [6.45, 7) is 7.94. The molecule has 1 N–H and O–H groups in total. The van der Waals surface area contributed by atoms with Crippen molar-refractivity contribution in [1.29, 1.82) is 0 Å². The summed E-state index contributed by atoms with van der Waals surface area (Å²) >= 11 is 0. The molecule has 21 heavy (non-hydrogen) atoms. The molecular formula is C16H22N2O3. The Bertz CT molecular complexity index is 530. The number of nitrogens with zero attached hydrogens (tertiary/aromatic N) is 1. The molecule has 0 bridgehead atoms. The third kappa shape index (κ3) is 6.28. The van der Waals surface area contributed by atoms with Gasteiger partial charge >= 0.3 is 5.69 Å². The van der Waals surface area contributed by atoms with Crippen LogP contribution in [0.5, 0.6) is 5.75 Å². The lowest BCUT2D eigenvalue weighted by atomic mass is 10.1. The summed E-state index contributed by atoms with van der Waals surface area (Å²) in [6.07, 6.45) is 0.559. The van der Waals surface area contributed by atoms with Gasteiger partial charge in [-0.15, -0.1) is 11.8 Å². The van der Waals surface area contributed by atoms with Gasteiger partial charge in [0.25, 0.3) is 0 Å². The molecule has 0 aliphatic rings. The Morgan fingerprint density at radius 2 is 2.19 bits per heavy atom. The fourth-order valence-electron chi connectivity index (χ4n) is 1.78. The van der Waals surface area contributed by atoms with E-state index in [9.17, 15) is 10.1 Å². The van der Waals surface area contributed by atoms with E-state index in [1.807, 2.05) is 0 Å². The monoisotopic (exact) mass is 290 g/mol. The van der Waals surface area contributed by atoms with E-state index in [4.69, 9.17) is 4.74 Å². The Balaban J connectivity index is 2.74. The second-order valence-electron chi connectivity index (χ2n) is 5.11. The Morgan fingerprint density at radius 1 is 1.43 bits per heavy atom. The van der Waals surface area contributed by atoms with Crippen LogP contribution in [-0.4, -0.2) is 18.1 Å². The van der Waals surface area contributed by atoms with Gasteiger partial charge in [-0.25, -0.2) is 0 Å². The minimum Gasteiger partial charge on any atom is -0.486 e. The molecule has 0 saturated carbocycles. The van der Waals surface area contributed by atoms with E-state index >= 15 is 0 Å². The van der Waals surface area contributed by atoms with Crippen molar-refractivity contribution in [3.8, 4) is 17.6 Å². The second kappa shape index (κ2) is 8.98. The van der Waals surface area contributed by atoms with Gasteiger partial charge in [-0.1, -0.05) is 19.9 Å². The summed E-state index contributed by atoms with van der Waals surface area (Å²) in [5.41, 5.74) is 0.963. The molecule has 1 aromatic rings. The number of benzene rings is 1. The van der Waals surface area contributed by atoms with Gasteiger partial charge in [-0.3, -0.25) is 10.1 Å². The van der Waals surface area contributed by atoms with Crippen LogP contribution in [0.3, 0.4) is 0 Å². The molecule has 1 aromatic carbocycles. The van der Waals surface area contributed by atoms with Crippen molar-refractivity contribution in [3.05, 3.63) is 33.9 Å². The van der Waals surface area contributed by atoms with Crippen LogP contribution in [0.25, 0.3) is 0 Å². The molecule has 0 aliphatic carbocycles. The van der Waals surface area contributed by atoms with Gasteiger partial charge in [0.2, 0.25) is 0 Å². The first-order chi connectivity index (χ1) is 10.0. The Morgan fingerprint density at radius 3 is 2.81 bits per heavy atom. The third-order valence-electron chi connectivity index (χ3n) is 2.76. The largest absolute Gasteiger partial charge is 0.486 e. The van der Waals surface area contributed by atoms with E-state index in [-0.39, 0.29) is 5.69 Å². The maximum Gasteiger partial charge on any atom is 0.310 e. The molecule has 0 atom stereocenters. The smallest absolute Gasteiger partial charge is 0.310 e. The number of rotatable bonds is 8. The predicted octanol–water partition coefficient (Wildman–Crippen LogP) is 3.13. The van der Waals surface area contributed by atoms with Crippen molar-refractivity contribution < 1.29 is 9.66 Å². The third-order valence-corrected chi connectivity index (χ3v) is 2.76. The highest BCUT2D eigenvalue weighted by atomic mass is 16.6. The van der Waals surface area contributed by atoms with Crippen LogP contribution in [0.1, 0.15) is 32.8 Å². The molecule has 0 heterocycles. The van der Waals surface area contributed by atoms with Gasteiger partial charge in [-0.05, 0) is 31.0 Å². The zero-order valence-electron chi connectivity index (χ0n) is 12.8. The van der Waals surface area contributed by atoms with E-state index in [1.54, 1.807) is 19.1 Å². The van der Waals surface area contributed by atoms with Crippen molar-refractivity contribution in [1.82, 2.24) is 5.32 Å². The minimum atomic E-state index is -0.424. The van der Waals surface area contributed by atoms with Gasteiger partial charge in [0.15, 0.2) is 5.75 Å². The Kier molecular flexibility index (Phi) is 7.27. The summed E-state index contributed by atoms with van der Waals surface area (Å²) in [5, 5.41) is 14.3. The summed E-state index contributed by atoms with van der Waals surface area (Å²) in [7, 11) is 0. The summed E-state index contributed by atoms with van der Waals surface area (Å²) in [5.74, 6) is 6.51. The number of hydrogen-bond donors (Lipinski definition) is 1. The van der Waals surface area contributed by atoms with Crippen LogP contribution >= 0.6 is 0 Å². The highest BCUT2D eigenvalue weighted by Gasteiger charge is 2.15. The quantitative estimate of drug-likeness (QED) is 0.346. The number of nitrogens with one attached hydrogen (secondary N) is 1. The van der Waals surface area contributed by atoms with Crippen LogP contribution in [0, 0.1) is 27.9 Å². The van der Waals surface area contributed by atoms with Gasteiger partial charge < -0.3 is 10.1 Å². The van der Waals surface area contributed by atoms with E-state index in [0.29, 0.717) is 31.2 Å². The van der Waals surface area contributed by atoms with E-state index in [2.05, 4.69) is 31.0 Å². The number of ether oxygens (including phenoxy) is 1. The van der Waals surface area contributed by atoms with Crippen LogP contribution < -0.4 is 10.1 Å². The van der Waals surface area contributed by atoms with E-state index in [0.717, 1.165) is 12.1 Å². The van der Waals surface area contributed by atoms with Gasteiger partial charge in [-0.2, -0.15) is 0 Å². The summed E-state index contributed by atoms with van der Waals surface area (Å²) in [4.78, 5) is 10.6. The Hall–Kier alpha value is -2.06. The lowest BCUT2D eigenvalue weighted by Gasteiger charge is -2.10. The highest BCUT2D eigenvalue weighted by Crippen LogP contribution is 2.28. The molecule has 0 spiro atoms. The standard InChI is InChI=1S/C16H22N2O3/c1-4-5-6-9-21-16-10-14(12-17-11-13(2)3)7-8-15(16)18(19)20/h7-8,10,13,17H,6,9,11-12H2,1-3H3. The molecule has 0 unspecified atom stereocenters. The maximum absolute atomic E-state index is 11.0. The van der Waals surface area contributed by atoms with Gasteiger partial charge in [0.1, 0.15) is 0 Å².